The van der Waals surface area contributed by atoms with Crippen molar-refractivity contribution in [1.29, 1.82) is 0 Å². The lowest BCUT2D eigenvalue weighted by atomic mass is 10.1. The number of hydrogen-bond acceptors (Lipinski definition) is 5. The van der Waals surface area contributed by atoms with Crippen molar-refractivity contribution in [2.45, 2.75) is 24.2 Å². The summed E-state index contributed by atoms with van der Waals surface area (Å²) < 4.78 is 34.4. The number of piperidine rings is 1. The highest BCUT2D eigenvalue weighted by molar-refractivity contribution is 7.93. The molecule has 2 aromatic carbocycles. The number of hydrogen-bond donors (Lipinski definition) is 2. The Kier molecular flexibility index (Phi) is 6.20. The molecule has 0 saturated carbocycles. The van der Waals surface area contributed by atoms with Crippen LogP contribution in [0.15, 0.2) is 70.2 Å². The van der Waals surface area contributed by atoms with Gasteiger partial charge in [0.1, 0.15) is 4.90 Å². The van der Waals surface area contributed by atoms with Crippen molar-refractivity contribution < 1.29 is 17.6 Å². The van der Waals surface area contributed by atoms with E-state index in [4.69, 9.17) is 16.0 Å². The van der Waals surface area contributed by atoms with Gasteiger partial charge in [0.15, 0.2) is 5.76 Å². The summed E-state index contributed by atoms with van der Waals surface area (Å²) in [7, 11) is -3.98. The van der Waals surface area contributed by atoms with Gasteiger partial charge in [-0.3, -0.25) is 9.52 Å². The third kappa shape index (κ3) is 4.86. The second-order valence-electron chi connectivity index (χ2n) is 7.25. The maximum atomic E-state index is 13.4. The molecular formula is C22H22ClN3O4S. The minimum Gasteiger partial charge on any atom is -0.459 e. The second-order valence-corrected chi connectivity index (χ2v) is 9.31. The lowest BCUT2D eigenvalue weighted by Crippen LogP contribution is -2.31. The summed E-state index contributed by atoms with van der Waals surface area (Å²) in [5.74, 6) is -0.322. The first-order chi connectivity index (χ1) is 14.9. The standard InChI is InChI=1S/C22H22ClN3O4S/c23-17-7-2-3-8-18(17)25-31(28,29)21-15-16(24-22(27)20-9-6-14-30-20)10-11-19(21)26-12-4-1-5-13-26/h2-3,6-11,14-15,25H,1,4-5,12-13H2,(H,24,27). The molecule has 162 valence electrons. The number of nitrogens with one attached hydrogen (secondary N) is 2. The van der Waals surface area contributed by atoms with E-state index < -0.39 is 15.9 Å². The summed E-state index contributed by atoms with van der Waals surface area (Å²) in [5.41, 5.74) is 1.23. The number of nitrogens with zero attached hydrogens (tertiary/aromatic N) is 1. The SMILES string of the molecule is O=C(Nc1ccc(N2CCCCC2)c(S(=O)(=O)Nc2ccccc2Cl)c1)c1ccco1. The van der Waals surface area contributed by atoms with Crippen LogP contribution in [0.25, 0.3) is 0 Å². The molecule has 2 heterocycles. The Morgan fingerprint density at radius 1 is 1.00 bits per heavy atom. The molecule has 4 rings (SSSR count). The molecule has 31 heavy (non-hydrogen) atoms. The zero-order valence-corrected chi connectivity index (χ0v) is 18.2. The van der Waals surface area contributed by atoms with Crippen LogP contribution in [0.3, 0.4) is 0 Å². The summed E-state index contributed by atoms with van der Waals surface area (Å²) in [4.78, 5) is 14.5. The Morgan fingerprint density at radius 2 is 1.77 bits per heavy atom. The van der Waals surface area contributed by atoms with Gasteiger partial charge in [-0.1, -0.05) is 23.7 Å². The van der Waals surface area contributed by atoms with Crippen LogP contribution in [0, 0.1) is 0 Å². The van der Waals surface area contributed by atoms with Crippen molar-refractivity contribution in [2.75, 3.05) is 28.0 Å². The van der Waals surface area contributed by atoms with Gasteiger partial charge in [0.05, 0.1) is 22.7 Å². The highest BCUT2D eigenvalue weighted by Gasteiger charge is 2.25. The number of carbonyl (C=O) groups is 1. The zero-order valence-electron chi connectivity index (χ0n) is 16.7. The monoisotopic (exact) mass is 459 g/mol. The van der Waals surface area contributed by atoms with E-state index in [1.807, 2.05) is 0 Å². The van der Waals surface area contributed by atoms with Crippen LogP contribution in [0.4, 0.5) is 17.1 Å². The molecule has 1 amide bonds. The summed E-state index contributed by atoms with van der Waals surface area (Å²) >= 11 is 6.16. The van der Waals surface area contributed by atoms with E-state index in [1.165, 1.54) is 18.4 Å². The third-order valence-corrected chi connectivity index (χ3v) is 6.79. The van der Waals surface area contributed by atoms with Crippen molar-refractivity contribution >= 4 is 44.6 Å². The first kappa shape index (κ1) is 21.3. The molecule has 3 aromatic rings. The van der Waals surface area contributed by atoms with Crippen LogP contribution >= 0.6 is 11.6 Å². The van der Waals surface area contributed by atoms with E-state index in [0.29, 0.717) is 22.1 Å². The van der Waals surface area contributed by atoms with Crippen molar-refractivity contribution in [1.82, 2.24) is 0 Å². The highest BCUT2D eigenvalue weighted by atomic mass is 35.5. The maximum Gasteiger partial charge on any atom is 0.291 e. The number of amides is 1. The molecule has 0 aliphatic carbocycles. The molecule has 9 heteroatoms. The number of para-hydroxylation sites is 1. The van der Waals surface area contributed by atoms with E-state index >= 15 is 0 Å². The smallest absolute Gasteiger partial charge is 0.291 e. The van der Waals surface area contributed by atoms with Crippen molar-refractivity contribution in [3.63, 3.8) is 0 Å². The molecule has 1 aliphatic rings. The molecule has 0 bridgehead atoms. The van der Waals surface area contributed by atoms with Crippen LogP contribution < -0.4 is 14.9 Å². The number of anilines is 3. The lowest BCUT2D eigenvalue weighted by Gasteiger charge is -2.30. The molecule has 0 unspecified atom stereocenters. The zero-order chi connectivity index (χ0) is 21.8. The largest absolute Gasteiger partial charge is 0.459 e. The highest BCUT2D eigenvalue weighted by Crippen LogP contribution is 2.33. The van der Waals surface area contributed by atoms with Crippen molar-refractivity contribution in [3.05, 3.63) is 71.6 Å². The van der Waals surface area contributed by atoms with Gasteiger partial charge < -0.3 is 14.6 Å². The summed E-state index contributed by atoms with van der Waals surface area (Å²) in [6, 6.07) is 14.7. The molecule has 0 atom stereocenters. The van der Waals surface area contributed by atoms with E-state index in [0.717, 1.165) is 32.4 Å². The number of rotatable bonds is 6. The summed E-state index contributed by atoms with van der Waals surface area (Å²) in [5, 5.41) is 2.99. The number of sulfonamides is 1. The fraction of sp³-hybridized carbons (Fsp3) is 0.227. The van der Waals surface area contributed by atoms with Crippen LogP contribution in [0.1, 0.15) is 29.8 Å². The van der Waals surface area contributed by atoms with Gasteiger partial charge in [0.2, 0.25) is 0 Å². The first-order valence-electron chi connectivity index (χ1n) is 9.95. The van der Waals surface area contributed by atoms with E-state index in [9.17, 15) is 13.2 Å². The molecule has 7 nitrogen and oxygen atoms in total. The van der Waals surface area contributed by atoms with Crippen molar-refractivity contribution in [2.24, 2.45) is 0 Å². The van der Waals surface area contributed by atoms with Gasteiger partial charge in [-0.25, -0.2) is 8.42 Å². The Morgan fingerprint density at radius 3 is 2.48 bits per heavy atom. The summed E-state index contributed by atoms with van der Waals surface area (Å²) in [6.45, 7) is 1.54. The average molecular weight is 460 g/mol. The predicted molar refractivity (Wildman–Crippen MR) is 121 cm³/mol. The molecule has 1 saturated heterocycles. The Bertz CT molecular complexity index is 1170. The topological polar surface area (TPSA) is 91.7 Å². The molecule has 0 spiro atoms. The van der Waals surface area contributed by atoms with Crippen LogP contribution in [0.5, 0.6) is 0 Å². The van der Waals surface area contributed by atoms with E-state index in [-0.39, 0.29) is 10.7 Å². The van der Waals surface area contributed by atoms with Crippen LogP contribution in [-0.2, 0) is 10.0 Å². The molecule has 1 fully saturated rings. The summed E-state index contributed by atoms with van der Waals surface area (Å²) in [6.07, 6.45) is 4.51. The minimum absolute atomic E-state index is 0.0755. The Labute approximate surface area is 186 Å². The maximum absolute atomic E-state index is 13.4. The van der Waals surface area contributed by atoms with Crippen LogP contribution in [0.2, 0.25) is 5.02 Å². The second kappa shape index (κ2) is 9.03. The Hall–Kier alpha value is -2.97. The average Bonchev–Trinajstić information content (AvgIpc) is 3.31. The van der Waals surface area contributed by atoms with Crippen molar-refractivity contribution in [3.8, 4) is 0 Å². The van der Waals surface area contributed by atoms with Gasteiger partial charge in [0, 0.05) is 18.8 Å². The van der Waals surface area contributed by atoms with E-state index in [2.05, 4.69) is 14.9 Å². The van der Waals surface area contributed by atoms with Gasteiger partial charge in [-0.15, -0.1) is 0 Å². The fourth-order valence-electron chi connectivity index (χ4n) is 3.55. The quantitative estimate of drug-likeness (QED) is 0.542. The molecule has 0 radical (unpaired) electrons. The first-order valence-corrected chi connectivity index (χ1v) is 11.8. The van der Waals surface area contributed by atoms with Gasteiger partial charge in [0.25, 0.3) is 15.9 Å². The van der Waals surface area contributed by atoms with Gasteiger partial charge in [-0.05, 0) is 61.7 Å². The van der Waals surface area contributed by atoms with Crippen LogP contribution in [-0.4, -0.2) is 27.4 Å². The fourth-order valence-corrected chi connectivity index (χ4v) is 5.12. The van der Waals surface area contributed by atoms with Gasteiger partial charge in [-0.2, -0.15) is 0 Å². The van der Waals surface area contributed by atoms with Gasteiger partial charge >= 0.3 is 0 Å². The molecule has 2 N–H and O–H groups in total. The number of halogens is 1. The third-order valence-electron chi connectivity index (χ3n) is 5.07. The lowest BCUT2D eigenvalue weighted by molar-refractivity contribution is 0.0996. The number of carbonyl (C=O) groups excluding carboxylic acids is 1. The van der Waals surface area contributed by atoms with E-state index in [1.54, 1.807) is 42.5 Å². The number of furan rings is 1. The molecule has 1 aliphatic heterocycles. The molecular weight excluding hydrogens is 438 g/mol. The predicted octanol–water partition coefficient (Wildman–Crippen LogP) is 4.98. The minimum atomic E-state index is -3.98. The normalized spacial score (nSPS) is 14.3. The number of benzene rings is 2. The molecule has 1 aromatic heterocycles. The Balaban J connectivity index is 1.71.